The van der Waals surface area contributed by atoms with E-state index in [0.717, 1.165) is 12.8 Å². The van der Waals surface area contributed by atoms with Gasteiger partial charge in [0.15, 0.2) is 12.4 Å². The molecule has 0 aliphatic carbocycles. The summed E-state index contributed by atoms with van der Waals surface area (Å²) in [7, 11) is 0. The predicted octanol–water partition coefficient (Wildman–Crippen LogP) is 1.55. The van der Waals surface area contributed by atoms with Gasteiger partial charge in [0.1, 0.15) is 0 Å². The number of rotatable bonds is 5. The molecule has 1 N–H and O–H groups in total. The van der Waals surface area contributed by atoms with Crippen LogP contribution < -0.4 is 4.98 Å². The van der Waals surface area contributed by atoms with Gasteiger partial charge in [0, 0.05) is 17.7 Å². The Balaban J connectivity index is 2.18. The van der Waals surface area contributed by atoms with Gasteiger partial charge in [0.2, 0.25) is 0 Å². The van der Waals surface area contributed by atoms with Gasteiger partial charge in [-0.3, -0.25) is 0 Å². The van der Waals surface area contributed by atoms with Gasteiger partial charge in [-0.25, -0.2) is 9.78 Å². The highest BCUT2D eigenvalue weighted by Gasteiger charge is 2.02. The van der Waals surface area contributed by atoms with Crippen LogP contribution in [0.5, 0.6) is 0 Å². The maximum absolute atomic E-state index is 11.0. The van der Waals surface area contributed by atoms with Crippen LogP contribution in [0.4, 0.5) is 0 Å². The molecule has 0 radical (unpaired) electrons. The minimum atomic E-state index is -0.309. The summed E-state index contributed by atoms with van der Waals surface area (Å²) in [6, 6.07) is 4.03. The summed E-state index contributed by atoms with van der Waals surface area (Å²) >= 11 is 0. The Morgan fingerprint density at radius 2 is 2.13 bits per heavy atom. The molecule has 0 bridgehead atoms. The molecule has 1 heterocycles. The fourth-order valence-electron chi connectivity index (χ4n) is 1.15. The van der Waals surface area contributed by atoms with Gasteiger partial charge in [-0.2, -0.15) is 0 Å². The minimum Gasteiger partial charge on any atom is -0.462 e. The lowest BCUT2D eigenvalue weighted by Crippen LogP contribution is -2.07. The Morgan fingerprint density at radius 1 is 1.47 bits per heavy atom. The van der Waals surface area contributed by atoms with Crippen LogP contribution in [0.3, 0.4) is 0 Å². The molecular formula is C12H16NO2+. The van der Waals surface area contributed by atoms with Crippen molar-refractivity contribution in [2.75, 3.05) is 6.61 Å². The number of hydrogen-bond acceptors (Lipinski definition) is 2. The average molecular weight is 206 g/mol. The highest BCUT2D eigenvalue weighted by atomic mass is 16.5. The molecule has 80 valence electrons. The van der Waals surface area contributed by atoms with Crippen molar-refractivity contribution in [2.24, 2.45) is 0 Å². The number of ether oxygens (including phenoxy) is 1. The highest BCUT2D eigenvalue weighted by Crippen LogP contribution is 2.01. The standard InChI is InChI=1S/C12H15NO2/c1-10(2)12(14)15-9-3-4-11-5-7-13-8-6-11/h5-8H,1,3-4,9H2,2H3/p+1. The number of H-pyrrole nitrogens is 1. The SMILES string of the molecule is C=C(C)C(=O)OCCCc1cc[nH+]cc1. The van der Waals surface area contributed by atoms with E-state index in [9.17, 15) is 4.79 Å². The molecule has 3 heteroatoms. The molecule has 0 spiro atoms. The molecule has 0 aromatic carbocycles. The fourth-order valence-corrected chi connectivity index (χ4v) is 1.15. The third kappa shape index (κ3) is 4.40. The highest BCUT2D eigenvalue weighted by molar-refractivity contribution is 5.86. The van der Waals surface area contributed by atoms with Crippen molar-refractivity contribution < 1.29 is 14.5 Å². The van der Waals surface area contributed by atoms with Crippen LogP contribution in [0, 0.1) is 0 Å². The van der Waals surface area contributed by atoms with Crippen molar-refractivity contribution in [1.82, 2.24) is 0 Å². The largest absolute Gasteiger partial charge is 0.462 e. The first-order valence-electron chi connectivity index (χ1n) is 4.98. The molecule has 1 rings (SSSR count). The second kappa shape index (κ2) is 5.96. The first-order valence-corrected chi connectivity index (χ1v) is 4.98. The van der Waals surface area contributed by atoms with Crippen LogP contribution in [0.25, 0.3) is 0 Å². The van der Waals surface area contributed by atoms with Gasteiger partial charge >= 0.3 is 5.97 Å². The van der Waals surface area contributed by atoms with Crippen LogP contribution >= 0.6 is 0 Å². The van der Waals surface area contributed by atoms with Crippen molar-refractivity contribution >= 4 is 5.97 Å². The number of nitrogens with one attached hydrogen (secondary N) is 1. The van der Waals surface area contributed by atoms with E-state index in [1.54, 1.807) is 6.92 Å². The van der Waals surface area contributed by atoms with E-state index in [1.807, 2.05) is 24.5 Å². The Hall–Kier alpha value is -1.64. The Morgan fingerprint density at radius 3 is 2.73 bits per heavy atom. The molecular weight excluding hydrogens is 190 g/mol. The van der Waals surface area contributed by atoms with Crippen molar-refractivity contribution in [1.29, 1.82) is 0 Å². The van der Waals surface area contributed by atoms with Crippen molar-refractivity contribution in [3.63, 3.8) is 0 Å². The first kappa shape index (κ1) is 11.4. The van der Waals surface area contributed by atoms with Crippen molar-refractivity contribution in [3.8, 4) is 0 Å². The van der Waals surface area contributed by atoms with Gasteiger partial charge < -0.3 is 4.74 Å². The van der Waals surface area contributed by atoms with E-state index < -0.39 is 0 Å². The minimum absolute atomic E-state index is 0.309. The fraction of sp³-hybridized carbons (Fsp3) is 0.333. The van der Waals surface area contributed by atoms with Gasteiger partial charge in [-0.05, 0) is 25.3 Å². The zero-order valence-corrected chi connectivity index (χ0v) is 8.95. The number of aromatic nitrogens is 1. The van der Waals surface area contributed by atoms with Crippen LogP contribution in [-0.2, 0) is 16.0 Å². The average Bonchev–Trinajstić information content (AvgIpc) is 2.25. The maximum Gasteiger partial charge on any atom is 0.333 e. The third-order valence-corrected chi connectivity index (χ3v) is 1.98. The van der Waals surface area contributed by atoms with E-state index in [2.05, 4.69) is 11.6 Å². The molecule has 0 saturated heterocycles. The first-order chi connectivity index (χ1) is 7.20. The Bertz CT molecular complexity index is 333. The summed E-state index contributed by atoms with van der Waals surface area (Å²) < 4.78 is 4.98. The second-order valence-electron chi connectivity index (χ2n) is 3.43. The number of esters is 1. The lowest BCUT2D eigenvalue weighted by Gasteiger charge is -2.03. The number of carbonyl (C=O) groups excluding carboxylic acids is 1. The lowest BCUT2D eigenvalue weighted by molar-refractivity contribution is -0.378. The molecule has 0 aliphatic rings. The molecule has 0 amide bonds. The van der Waals surface area contributed by atoms with E-state index in [-0.39, 0.29) is 5.97 Å². The Kier molecular flexibility index (Phi) is 4.54. The second-order valence-corrected chi connectivity index (χ2v) is 3.43. The number of hydrogen-bond donors (Lipinski definition) is 0. The normalized spacial score (nSPS) is 9.67. The van der Waals surface area contributed by atoms with Crippen LogP contribution in [0.15, 0.2) is 36.7 Å². The van der Waals surface area contributed by atoms with Crippen molar-refractivity contribution in [2.45, 2.75) is 19.8 Å². The maximum atomic E-state index is 11.0. The molecule has 1 aromatic heterocycles. The molecule has 0 aliphatic heterocycles. The number of pyridine rings is 1. The summed E-state index contributed by atoms with van der Waals surface area (Å²) in [6.07, 6.45) is 5.52. The molecule has 0 fully saturated rings. The number of aromatic amines is 1. The summed E-state index contributed by atoms with van der Waals surface area (Å²) in [5.74, 6) is -0.309. The summed E-state index contributed by atoms with van der Waals surface area (Å²) in [5, 5.41) is 0. The summed E-state index contributed by atoms with van der Waals surface area (Å²) in [5.41, 5.74) is 1.68. The van der Waals surface area contributed by atoms with Crippen LogP contribution in [0.2, 0.25) is 0 Å². The molecule has 0 unspecified atom stereocenters. The lowest BCUT2D eigenvalue weighted by atomic mass is 10.1. The zero-order valence-electron chi connectivity index (χ0n) is 8.95. The van der Waals surface area contributed by atoms with Crippen LogP contribution in [0.1, 0.15) is 18.9 Å². The molecule has 3 nitrogen and oxygen atoms in total. The van der Waals surface area contributed by atoms with Gasteiger partial charge in [-0.15, -0.1) is 0 Å². The zero-order chi connectivity index (χ0) is 11.1. The monoisotopic (exact) mass is 206 g/mol. The topological polar surface area (TPSA) is 40.4 Å². The molecule has 15 heavy (non-hydrogen) atoms. The quantitative estimate of drug-likeness (QED) is 0.416. The number of aryl methyl sites for hydroxylation is 1. The van der Waals surface area contributed by atoms with E-state index >= 15 is 0 Å². The van der Waals surface area contributed by atoms with Gasteiger partial charge in [0.05, 0.1) is 6.61 Å². The molecule has 0 saturated carbocycles. The smallest absolute Gasteiger partial charge is 0.333 e. The van der Waals surface area contributed by atoms with E-state index in [0.29, 0.717) is 12.2 Å². The predicted molar refractivity (Wildman–Crippen MR) is 57.1 cm³/mol. The Labute approximate surface area is 89.8 Å². The molecule has 0 atom stereocenters. The van der Waals surface area contributed by atoms with Crippen LogP contribution in [-0.4, -0.2) is 12.6 Å². The van der Waals surface area contributed by atoms with Crippen molar-refractivity contribution in [3.05, 3.63) is 42.2 Å². The molecule has 1 aromatic rings. The van der Waals surface area contributed by atoms with E-state index in [4.69, 9.17) is 4.74 Å². The summed E-state index contributed by atoms with van der Waals surface area (Å²) in [6.45, 7) is 5.61. The van der Waals surface area contributed by atoms with Gasteiger partial charge in [0.25, 0.3) is 0 Å². The summed E-state index contributed by atoms with van der Waals surface area (Å²) in [4.78, 5) is 14.0. The van der Waals surface area contributed by atoms with Gasteiger partial charge in [-0.1, -0.05) is 6.58 Å². The van der Waals surface area contributed by atoms with E-state index in [1.165, 1.54) is 5.56 Å². The third-order valence-electron chi connectivity index (χ3n) is 1.98. The number of carbonyl (C=O) groups is 1.